The summed E-state index contributed by atoms with van der Waals surface area (Å²) in [6.07, 6.45) is 1.18. The van der Waals surface area contributed by atoms with Crippen molar-refractivity contribution in [2.75, 3.05) is 39.3 Å². The van der Waals surface area contributed by atoms with Gasteiger partial charge in [0, 0.05) is 45.3 Å². The lowest BCUT2D eigenvalue weighted by Gasteiger charge is -2.39. The maximum atomic E-state index is 4.54. The average molecular weight is 210 g/mol. The summed E-state index contributed by atoms with van der Waals surface area (Å²) in [6, 6.07) is 0.674. The highest BCUT2D eigenvalue weighted by Gasteiger charge is 2.21. The molecule has 1 fully saturated rings. The minimum atomic E-state index is 0.674. The monoisotopic (exact) mass is 210 g/mol. The molecule has 0 bridgehead atoms. The molecule has 2 heterocycles. The zero-order chi connectivity index (χ0) is 10.7. The van der Waals surface area contributed by atoms with Crippen LogP contribution in [0.5, 0.6) is 0 Å². The molecule has 0 spiro atoms. The fourth-order valence-corrected chi connectivity index (χ4v) is 2.18. The van der Waals surface area contributed by atoms with Crippen molar-refractivity contribution in [2.45, 2.75) is 26.3 Å². The van der Waals surface area contributed by atoms with Crippen LogP contribution < -0.4 is 5.32 Å². The summed E-state index contributed by atoms with van der Waals surface area (Å²) in [5.74, 6) is 1.13. The van der Waals surface area contributed by atoms with Crippen LogP contribution in [0.4, 0.5) is 0 Å². The van der Waals surface area contributed by atoms with Crippen LogP contribution in [0.3, 0.4) is 0 Å². The summed E-state index contributed by atoms with van der Waals surface area (Å²) in [5, 5.41) is 3.39. The van der Waals surface area contributed by atoms with Gasteiger partial charge in [-0.2, -0.15) is 0 Å². The Labute approximate surface area is 92.3 Å². The van der Waals surface area contributed by atoms with E-state index in [4.69, 9.17) is 0 Å². The molecule has 0 aromatic carbocycles. The van der Waals surface area contributed by atoms with Crippen molar-refractivity contribution in [3.8, 4) is 0 Å². The van der Waals surface area contributed by atoms with Crippen LogP contribution in [0.15, 0.2) is 4.99 Å². The predicted molar refractivity (Wildman–Crippen MR) is 63.2 cm³/mol. The van der Waals surface area contributed by atoms with Crippen molar-refractivity contribution < 1.29 is 0 Å². The van der Waals surface area contributed by atoms with Gasteiger partial charge < -0.3 is 10.2 Å². The largest absolute Gasteiger partial charge is 0.356 e. The number of nitrogens with one attached hydrogen (secondary N) is 1. The number of nitrogens with zero attached hydrogens (tertiary/aromatic N) is 3. The molecule has 4 heteroatoms. The molecule has 0 aromatic rings. The van der Waals surface area contributed by atoms with Crippen LogP contribution in [0, 0.1) is 0 Å². The molecule has 0 atom stereocenters. The first-order valence-electron chi connectivity index (χ1n) is 6.04. The van der Waals surface area contributed by atoms with E-state index in [9.17, 15) is 0 Å². The van der Waals surface area contributed by atoms with Gasteiger partial charge >= 0.3 is 0 Å². The molecule has 2 aliphatic rings. The second-order valence-corrected chi connectivity index (χ2v) is 4.60. The predicted octanol–water partition coefficient (Wildman–Crippen LogP) is 0.362. The van der Waals surface area contributed by atoms with Crippen molar-refractivity contribution in [2.24, 2.45) is 4.99 Å². The van der Waals surface area contributed by atoms with Crippen LogP contribution in [-0.2, 0) is 0 Å². The van der Waals surface area contributed by atoms with E-state index in [2.05, 4.69) is 34.0 Å². The third kappa shape index (κ3) is 2.62. The zero-order valence-corrected chi connectivity index (χ0v) is 9.87. The van der Waals surface area contributed by atoms with Crippen molar-refractivity contribution >= 4 is 5.96 Å². The fourth-order valence-electron chi connectivity index (χ4n) is 2.18. The normalized spacial score (nSPS) is 23.9. The summed E-state index contributed by atoms with van der Waals surface area (Å²) >= 11 is 0. The smallest absolute Gasteiger partial charge is 0.194 e. The van der Waals surface area contributed by atoms with Gasteiger partial charge in [-0.1, -0.05) is 0 Å². The number of hydrogen-bond acceptors (Lipinski definition) is 4. The molecule has 2 aliphatic heterocycles. The molecular weight excluding hydrogens is 188 g/mol. The Morgan fingerprint density at radius 2 is 1.93 bits per heavy atom. The summed E-state index contributed by atoms with van der Waals surface area (Å²) in [6.45, 7) is 11.2. The molecule has 0 aliphatic carbocycles. The van der Waals surface area contributed by atoms with E-state index < -0.39 is 0 Å². The molecule has 4 nitrogen and oxygen atoms in total. The second-order valence-electron chi connectivity index (χ2n) is 4.60. The van der Waals surface area contributed by atoms with E-state index in [0.717, 1.165) is 32.1 Å². The quantitative estimate of drug-likeness (QED) is 0.678. The Kier molecular flexibility index (Phi) is 3.46. The first-order chi connectivity index (χ1) is 7.27. The number of aliphatic imine (C=N–C) groups is 1. The summed E-state index contributed by atoms with van der Waals surface area (Å²) in [5.41, 5.74) is 0. The summed E-state index contributed by atoms with van der Waals surface area (Å²) in [4.78, 5) is 9.45. The van der Waals surface area contributed by atoms with Crippen molar-refractivity contribution in [1.82, 2.24) is 15.1 Å². The maximum absolute atomic E-state index is 4.54. The Hall–Kier alpha value is -0.770. The first-order valence-corrected chi connectivity index (χ1v) is 6.04. The number of piperazine rings is 1. The van der Waals surface area contributed by atoms with Gasteiger partial charge in [0.05, 0.1) is 0 Å². The first kappa shape index (κ1) is 10.7. The van der Waals surface area contributed by atoms with Crippen LogP contribution in [0.25, 0.3) is 0 Å². The lowest BCUT2D eigenvalue weighted by Crippen LogP contribution is -2.54. The van der Waals surface area contributed by atoms with Gasteiger partial charge in [0.15, 0.2) is 5.96 Å². The molecule has 0 saturated carbocycles. The van der Waals surface area contributed by atoms with E-state index in [1.54, 1.807) is 0 Å². The zero-order valence-electron chi connectivity index (χ0n) is 9.87. The number of guanidine groups is 1. The Bertz CT molecular complexity index is 229. The highest BCUT2D eigenvalue weighted by Crippen LogP contribution is 2.07. The molecule has 0 radical (unpaired) electrons. The minimum Gasteiger partial charge on any atom is -0.356 e. The van der Waals surface area contributed by atoms with Gasteiger partial charge in [-0.3, -0.25) is 9.89 Å². The van der Waals surface area contributed by atoms with Gasteiger partial charge in [0.25, 0.3) is 0 Å². The van der Waals surface area contributed by atoms with Gasteiger partial charge in [-0.25, -0.2) is 0 Å². The van der Waals surface area contributed by atoms with E-state index in [1.807, 2.05) is 0 Å². The van der Waals surface area contributed by atoms with Crippen LogP contribution in [-0.4, -0.2) is 61.1 Å². The van der Waals surface area contributed by atoms with Crippen molar-refractivity contribution in [1.29, 1.82) is 0 Å². The topological polar surface area (TPSA) is 30.9 Å². The Balaban J connectivity index is 1.85. The Morgan fingerprint density at radius 1 is 1.20 bits per heavy atom. The minimum absolute atomic E-state index is 0.674. The van der Waals surface area contributed by atoms with Crippen LogP contribution in [0.1, 0.15) is 20.3 Å². The number of rotatable bonds is 1. The van der Waals surface area contributed by atoms with E-state index >= 15 is 0 Å². The molecule has 86 valence electrons. The average Bonchev–Trinajstić information content (AvgIpc) is 2.30. The van der Waals surface area contributed by atoms with Crippen molar-refractivity contribution in [3.63, 3.8) is 0 Å². The molecular formula is C11H22N4. The maximum Gasteiger partial charge on any atom is 0.194 e. The van der Waals surface area contributed by atoms with Gasteiger partial charge in [-0.15, -0.1) is 0 Å². The van der Waals surface area contributed by atoms with Gasteiger partial charge in [0.2, 0.25) is 0 Å². The standard InChI is InChI=1S/C11H22N4/c1-10(2)14-6-8-15(9-7-14)11-12-4-3-5-13-11/h10H,3-9H2,1-2H3,(H,12,13). The number of hydrogen-bond donors (Lipinski definition) is 1. The highest BCUT2D eigenvalue weighted by atomic mass is 15.4. The molecule has 0 unspecified atom stereocenters. The molecule has 2 rings (SSSR count). The SMILES string of the molecule is CC(C)N1CCN(C2=NCCCN2)CC1. The second kappa shape index (κ2) is 4.84. The van der Waals surface area contributed by atoms with E-state index in [-0.39, 0.29) is 0 Å². The molecule has 1 saturated heterocycles. The van der Waals surface area contributed by atoms with E-state index in [0.29, 0.717) is 6.04 Å². The van der Waals surface area contributed by atoms with E-state index in [1.165, 1.54) is 19.5 Å². The summed E-state index contributed by atoms with van der Waals surface area (Å²) in [7, 11) is 0. The highest BCUT2D eigenvalue weighted by molar-refractivity contribution is 5.80. The molecule has 1 N–H and O–H groups in total. The molecule has 15 heavy (non-hydrogen) atoms. The van der Waals surface area contributed by atoms with Gasteiger partial charge in [0.1, 0.15) is 0 Å². The summed E-state index contributed by atoms with van der Waals surface area (Å²) < 4.78 is 0. The lowest BCUT2D eigenvalue weighted by molar-refractivity contribution is 0.146. The fraction of sp³-hybridized carbons (Fsp3) is 0.909. The molecule has 0 aromatic heterocycles. The van der Waals surface area contributed by atoms with Gasteiger partial charge in [-0.05, 0) is 20.3 Å². The lowest BCUT2D eigenvalue weighted by atomic mass is 10.2. The Morgan fingerprint density at radius 3 is 2.47 bits per heavy atom. The molecule has 0 amide bonds. The third-order valence-electron chi connectivity index (χ3n) is 3.22. The van der Waals surface area contributed by atoms with Crippen molar-refractivity contribution in [3.05, 3.63) is 0 Å². The van der Waals surface area contributed by atoms with Crippen LogP contribution >= 0.6 is 0 Å². The third-order valence-corrected chi connectivity index (χ3v) is 3.22. The van der Waals surface area contributed by atoms with Crippen LogP contribution in [0.2, 0.25) is 0 Å².